The number of benzene rings is 1. The van der Waals surface area contributed by atoms with E-state index >= 15 is 0 Å². The minimum absolute atomic E-state index is 0.0668. The first kappa shape index (κ1) is 18.1. The number of hydrogen-bond donors (Lipinski definition) is 3. The van der Waals surface area contributed by atoms with Gasteiger partial charge in [-0.05, 0) is 30.5 Å². The average Bonchev–Trinajstić information content (AvgIpc) is 2.53. The Morgan fingerprint density at radius 1 is 1.14 bits per heavy atom. The highest BCUT2D eigenvalue weighted by molar-refractivity contribution is 6.39. The summed E-state index contributed by atoms with van der Waals surface area (Å²) < 4.78 is 4.98. The van der Waals surface area contributed by atoms with Crippen LogP contribution in [-0.2, 0) is 20.7 Å². The van der Waals surface area contributed by atoms with Crippen molar-refractivity contribution in [1.29, 1.82) is 0 Å². The van der Waals surface area contributed by atoms with Gasteiger partial charge in [-0.1, -0.05) is 25.5 Å². The second-order valence-corrected chi connectivity index (χ2v) is 4.85. The SMILES string of the molecule is CCCCc1ccc(NC(=O)C(=O)NCCOCCO)cc1. The highest BCUT2D eigenvalue weighted by Crippen LogP contribution is 2.11. The highest BCUT2D eigenvalue weighted by Gasteiger charge is 2.12. The smallest absolute Gasteiger partial charge is 0.313 e. The van der Waals surface area contributed by atoms with Crippen molar-refractivity contribution in [3.05, 3.63) is 29.8 Å². The minimum atomic E-state index is -0.706. The molecule has 6 heteroatoms. The Balaban J connectivity index is 2.32. The third-order valence-electron chi connectivity index (χ3n) is 3.00. The fourth-order valence-electron chi connectivity index (χ4n) is 1.81. The standard InChI is InChI=1S/C16H24N2O4/c1-2-3-4-13-5-7-14(8-6-13)18-16(21)15(20)17-9-11-22-12-10-19/h5-8,19H,2-4,9-12H2,1H3,(H,17,20)(H,18,21). The third kappa shape index (κ3) is 7.19. The van der Waals surface area contributed by atoms with E-state index < -0.39 is 11.8 Å². The molecule has 0 heterocycles. The van der Waals surface area contributed by atoms with Gasteiger partial charge in [-0.3, -0.25) is 9.59 Å². The molecule has 0 aliphatic heterocycles. The molecule has 6 nitrogen and oxygen atoms in total. The van der Waals surface area contributed by atoms with Crippen LogP contribution in [-0.4, -0.2) is 43.3 Å². The number of aliphatic hydroxyl groups is 1. The zero-order valence-electron chi connectivity index (χ0n) is 12.9. The Kier molecular flexibility index (Phi) is 8.86. The van der Waals surface area contributed by atoms with Gasteiger partial charge in [0.1, 0.15) is 0 Å². The average molecular weight is 308 g/mol. The Labute approximate surface area is 130 Å². The second-order valence-electron chi connectivity index (χ2n) is 4.85. The van der Waals surface area contributed by atoms with Crippen LogP contribution < -0.4 is 10.6 Å². The van der Waals surface area contributed by atoms with Crippen LogP contribution in [0.3, 0.4) is 0 Å². The molecule has 0 fully saturated rings. The van der Waals surface area contributed by atoms with E-state index in [1.165, 1.54) is 5.56 Å². The second kappa shape index (κ2) is 10.8. The molecule has 0 unspecified atom stereocenters. The summed E-state index contributed by atoms with van der Waals surface area (Å²) in [5, 5.41) is 13.5. The maximum absolute atomic E-state index is 11.7. The molecule has 0 saturated heterocycles. The predicted molar refractivity (Wildman–Crippen MR) is 84.6 cm³/mol. The molecular weight excluding hydrogens is 284 g/mol. The normalized spacial score (nSPS) is 10.3. The first-order valence-corrected chi connectivity index (χ1v) is 7.54. The van der Waals surface area contributed by atoms with Crippen molar-refractivity contribution in [2.75, 3.05) is 31.7 Å². The first-order chi connectivity index (χ1) is 10.7. The van der Waals surface area contributed by atoms with Crippen LogP contribution >= 0.6 is 0 Å². The van der Waals surface area contributed by atoms with Gasteiger partial charge >= 0.3 is 11.8 Å². The van der Waals surface area contributed by atoms with Crippen molar-refractivity contribution >= 4 is 17.5 Å². The highest BCUT2D eigenvalue weighted by atomic mass is 16.5. The number of aliphatic hydroxyl groups excluding tert-OH is 1. The van der Waals surface area contributed by atoms with Gasteiger partial charge in [0.2, 0.25) is 0 Å². The number of unbranched alkanes of at least 4 members (excludes halogenated alkanes) is 1. The molecule has 1 aromatic carbocycles. The summed E-state index contributed by atoms with van der Waals surface area (Å²) in [5.41, 5.74) is 1.81. The van der Waals surface area contributed by atoms with Crippen LogP contribution in [0.25, 0.3) is 0 Å². The van der Waals surface area contributed by atoms with E-state index in [1.54, 1.807) is 12.1 Å². The monoisotopic (exact) mass is 308 g/mol. The summed E-state index contributed by atoms with van der Waals surface area (Å²) in [6, 6.07) is 7.49. The molecule has 0 aliphatic rings. The fourth-order valence-corrected chi connectivity index (χ4v) is 1.81. The molecule has 0 aromatic heterocycles. The Morgan fingerprint density at radius 2 is 1.86 bits per heavy atom. The van der Waals surface area contributed by atoms with Crippen molar-refractivity contribution in [2.45, 2.75) is 26.2 Å². The number of carbonyl (C=O) groups excluding carboxylic acids is 2. The lowest BCUT2D eigenvalue weighted by molar-refractivity contribution is -0.136. The van der Waals surface area contributed by atoms with Gasteiger partial charge < -0.3 is 20.5 Å². The van der Waals surface area contributed by atoms with E-state index in [1.807, 2.05) is 12.1 Å². The van der Waals surface area contributed by atoms with E-state index in [2.05, 4.69) is 17.6 Å². The Bertz CT molecular complexity index is 460. The molecule has 1 rings (SSSR count). The Morgan fingerprint density at radius 3 is 2.50 bits per heavy atom. The zero-order valence-corrected chi connectivity index (χ0v) is 12.9. The summed E-state index contributed by atoms with van der Waals surface area (Å²) in [4.78, 5) is 23.2. The topological polar surface area (TPSA) is 87.7 Å². The van der Waals surface area contributed by atoms with Gasteiger partial charge in [0.05, 0.1) is 19.8 Å². The van der Waals surface area contributed by atoms with Crippen LogP contribution in [0.2, 0.25) is 0 Å². The fraction of sp³-hybridized carbons (Fsp3) is 0.500. The first-order valence-electron chi connectivity index (χ1n) is 7.54. The molecule has 0 spiro atoms. The van der Waals surface area contributed by atoms with Crippen LogP contribution in [0.15, 0.2) is 24.3 Å². The lowest BCUT2D eigenvalue weighted by Gasteiger charge is -2.07. The van der Waals surface area contributed by atoms with Gasteiger partial charge in [-0.2, -0.15) is 0 Å². The largest absolute Gasteiger partial charge is 0.394 e. The van der Waals surface area contributed by atoms with Gasteiger partial charge in [-0.25, -0.2) is 0 Å². The van der Waals surface area contributed by atoms with Gasteiger partial charge in [0.25, 0.3) is 0 Å². The van der Waals surface area contributed by atoms with Crippen LogP contribution in [0, 0.1) is 0 Å². The lowest BCUT2D eigenvalue weighted by Crippen LogP contribution is -2.37. The van der Waals surface area contributed by atoms with E-state index in [9.17, 15) is 9.59 Å². The van der Waals surface area contributed by atoms with E-state index in [4.69, 9.17) is 9.84 Å². The maximum Gasteiger partial charge on any atom is 0.313 e. The van der Waals surface area contributed by atoms with Crippen LogP contribution in [0.5, 0.6) is 0 Å². The summed E-state index contributed by atoms with van der Waals surface area (Å²) in [5.74, 6) is -1.41. The molecule has 1 aromatic rings. The number of carbonyl (C=O) groups is 2. The summed E-state index contributed by atoms with van der Waals surface area (Å²) in [6.07, 6.45) is 3.28. The third-order valence-corrected chi connectivity index (χ3v) is 3.00. The number of anilines is 1. The molecule has 3 N–H and O–H groups in total. The maximum atomic E-state index is 11.7. The molecule has 0 atom stereocenters. The minimum Gasteiger partial charge on any atom is -0.394 e. The van der Waals surface area contributed by atoms with E-state index in [-0.39, 0.29) is 26.4 Å². The molecule has 0 aliphatic carbocycles. The molecule has 2 amide bonds. The number of amides is 2. The molecule has 0 saturated carbocycles. The van der Waals surface area contributed by atoms with Gasteiger partial charge in [-0.15, -0.1) is 0 Å². The molecule has 22 heavy (non-hydrogen) atoms. The number of nitrogens with one attached hydrogen (secondary N) is 2. The predicted octanol–water partition coefficient (Wildman–Crippen LogP) is 1.09. The molecule has 0 radical (unpaired) electrons. The summed E-state index contributed by atoms with van der Waals surface area (Å²) in [6.45, 7) is 2.77. The Hall–Kier alpha value is -1.92. The van der Waals surface area contributed by atoms with Crippen molar-refractivity contribution in [2.24, 2.45) is 0 Å². The van der Waals surface area contributed by atoms with Gasteiger partial charge in [0.15, 0.2) is 0 Å². The number of rotatable bonds is 9. The van der Waals surface area contributed by atoms with Crippen molar-refractivity contribution in [3.63, 3.8) is 0 Å². The number of ether oxygens (including phenoxy) is 1. The number of aryl methyl sites for hydroxylation is 1. The van der Waals surface area contributed by atoms with E-state index in [0.29, 0.717) is 5.69 Å². The molecule has 0 bridgehead atoms. The quantitative estimate of drug-likeness (QED) is 0.471. The van der Waals surface area contributed by atoms with Crippen LogP contribution in [0.1, 0.15) is 25.3 Å². The molecule has 122 valence electrons. The van der Waals surface area contributed by atoms with Crippen LogP contribution in [0.4, 0.5) is 5.69 Å². The van der Waals surface area contributed by atoms with E-state index in [0.717, 1.165) is 19.3 Å². The van der Waals surface area contributed by atoms with Crippen molar-refractivity contribution < 1.29 is 19.4 Å². The lowest BCUT2D eigenvalue weighted by atomic mass is 10.1. The number of hydrogen-bond acceptors (Lipinski definition) is 4. The molecular formula is C16H24N2O4. The van der Waals surface area contributed by atoms with Crippen molar-refractivity contribution in [3.8, 4) is 0 Å². The summed E-state index contributed by atoms with van der Waals surface area (Å²) >= 11 is 0. The van der Waals surface area contributed by atoms with Crippen molar-refractivity contribution in [1.82, 2.24) is 5.32 Å². The summed E-state index contributed by atoms with van der Waals surface area (Å²) in [7, 11) is 0. The zero-order chi connectivity index (χ0) is 16.2. The van der Waals surface area contributed by atoms with Gasteiger partial charge in [0, 0.05) is 12.2 Å².